The smallest absolute Gasteiger partial charge is 0.144 e. The molecule has 0 radical (unpaired) electrons. The van der Waals surface area contributed by atoms with Crippen molar-refractivity contribution in [3.05, 3.63) is 28.8 Å². The van der Waals surface area contributed by atoms with E-state index in [1.807, 2.05) is 11.5 Å². The van der Waals surface area contributed by atoms with Crippen LogP contribution >= 0.6 is 23.2 Å². The third-order valence-electron chi connectivity index (χ3n) is 3.52. The molecule has 3 nitrogen and oxygen atoms in total. The average molecular weight is 333 g/mol. The van der Waals surface area contributed by atoms with E-state index in [-0.39, 0.29) is 16.9 Å². The highest BCUT2D eigenvalue weighted by atomic mass is 35.5. The highest BCUT2D eigenvalue weighted by Gasteiger charge is 2.23. The minimum Gasteiger partial charge on any atom is -0.380 e. The van der Waals surface area contributed by atoms with E-state index in [0.29, 0.717) is 36.0 Å². The fourth-order valence-electron chi connectivity index (χ4n) is 2.41. The van der Waals surface area contributed by atoms with Crippen molar-refractivity contribution in [2.45, 2.75) is 32.7 Å². The van der Waals surface area contributed by atoms with Crippen LogP contribution in [-0.2, 0) is 10.6 Å². The Kier molecular flexibility index (Phi) is 5.47. The molecule has 1 aromatic carbocycles. The number of halogens is 3. The summed E-state index contributed by atoms with van der Waals surface area (Å²) in [6.07, 6.45) is 0. The summed E-state index contributed by atoms with van der Waals surface area (Å²) in [6.45, 7) is 7.31. The first-order chi connectivity index (χ1) is 9.99. The first-order valence-corrected chi connectivity index (χ1v) is 7.90. The van der Waals surface area contributed by atoms with E-state index in [1.54, 1.807) is 0 Å². The van der Waals surface area contributed by atoms with Crippen LogP contribution in [0.1, 0.15) is 32.6 Å². The van der Waals surface area contributed by atoms with Gasteiger partial charge in [-0.15, -0.1) is 11.6 Å². The Bertz CT molecular complexity index is 628. The Morgan fingerprint density at radius 3 is 2.67 bits per heavy atom. The van der Waals surface area contributed by atoms with Crippen LogP contribution in [0.2, 0.25) is 5.02 Å². The molecule has 1 unspecified atom stereocenters. The number of imidazole rings is 1. The van der Waals surface area contributed by atoms with E-state index in [4.69, 9.17) is 27.9 Å². The number of benzene rings is 1. The van der Waals surface area contributed by atoms with E-state index in [2.05, 4.69) is 18.8 Å². The van der Waals surface area contributed by atoms with Crippen LogP contribution in [0.5, 0.6) is 0 Å². The van der Waals surface area contributed by atoms with Gasteiger partial charge in [-0.3, -0.25) is 0 Å². The largest absolute Gasteiger partial charge is 0.380 e. The van der Waals surface area contributed by atoms with Gasteiger partial charge < -0.3 is 9.30 Å². The van der Waals surface area contributed by atoms with E-state index in [9.17, 15) is 4.39 Å². The number of hydrogen-bond acceptors (Lipinski definition) is 2. The van der Waals surface area contributed by atoms with Gasteiger partial charge in [0, 0.05) is 12.7 Å². The fourth-order valence-corrected chi connectivity index (χ4v) is 2.75. The molecular weight excluding hydrogens is 314 g/mol. The maximum Gasteiger partial charge on any atom is 0.144 e. The molecule has 0 aliphatic carbocycles. The number of ether oxygens (including phenoxy) is 1. The summed E-state index contributed by atoms with van der Waals surface area (Å²) >= 11 is 11.9. The van der Waals surface area contributed by atoms with Gasteiger partial charge in [0.25, 0.3) is 0 Å². The van der Waals surface area contributed by atoms with Crippen LogP contribution < -0.4 is 0 Å². The van der Waals surface area contributed by atoms with Crippen molar-refractivity contribution >= 4 is 34.2 Å². The highest BCUT2D eigenvalue weighted by molar-refractivity contribution is 6.31. The molecule has 0 aliphatic heterocycles. The number of alkyl halides is 1. The third-order valence-corrected chi connectivity index (χ3v) is 4.05. The molecule has 0 saturated heterocycles. The summed E-state index contributed by atoms with van der Waals surface area (Å²) < 4.78 is 21.4. The lowest BCUT2D eigenvalue weighted by molar-refractivity contribution is 0.0970. The van der Waals surface area contributed by atoms with Gasteiger partial charge in [-0.25, -0.2) is 9.37 Å². The number of rotatable bonds is 6. The molecule has 0 bridgehead atoms. The average Bonchev–Trinajstić information content (AvgIpc) is 2.77. The Morgan fingerprint density at radius 2 is 2.10 bits per heavy atom. The molecular formula is C15H19Cl2FN2O. The monoisotopic (exact) mass is 332 g/mol. The summed E-state index contributed by atoms with van der Waals surface area (Å²) in [7, 11) is 0. The summed E-state index contributed by atoms with van der Waals surface area (Å²) in [6, 6.07) is 3.00. The van der Waals surface area contributed by atoms with Crippen LogP contribution in [0, 0.1) is 11.7 Å². The van der Waals surface area contributed by atoms with Gasteiger partial charge in [-0.2, -0.15) is 0 Å². The second-order valence-corrected chi connectivity index (χ2v) is 5.93. The molecule has 0 saturated carbocycles. The SMILES string of the molecule is CCOCC(C(C)C)n1c(CCl)nc2cc(Cl)c(F)cc21. The standard InChI is InChI=1S/C15H19Cl2FN2O/c1-4-21-8-14(9(2)3)20-13-6-11(18)10(17)5-12(13)19-15(20)7-16/h5-6,9,14H,4,7-8H2,1-3H3. The zero-order valence-corrected chi connectivity index (χ0v) is 13.9. The number of aromatic nitrogens is 2. The maximum absolute atomic E-state index is 13.8. The van der Waals surface area contributed by atoms with Crippen LogP contribution in [0.4, 0.5) is 4.39 Å². The van der Waals surface area contributed by atoms with Crippen molar-refractivity contribution < 1.29 is 9.13 Å². The molecule has 21 heavy (non-hydrogen) atoms. The van der Waals surface area contributed by atoms with Crippen molar-refractivity contribution in [1.82, 2.24) is 9.55 Å². The van der Waals surface area contributed by atoms with Crippen molar-refractivity contribution in [1.29, 1.82) is 0 Å². The zero-order chi connectivity index (χ0) is 15.6. The third kappa shape index (κ3) is 3.33. The fraction of sp³-hybridized carbons (Fsp3) is 0.533. The summed E-state index contributed by atoms with van der Waals surface area (Å²) in [5.41, 5.74) is 1.35. The summed E-state index contributed by atoms with van der Waals surface area (Å²) in [5.74, 6) is 0.801. The van der Waals surface area contributed by atoms with E-state index in [0.717, 1.165) is 0 Å². The first kappa shape index (κ1) is 16.5. The van der Waals surface area contributed by atoms with Crippen LogP contribution in [0.25, 0.3) is 11.0 Å². The molecule has 1 aromatic heterocycles. The summed E-state index contributed by atoms with van der Waals surface area (Å²) in [4.78, 5) is 4.47. The molecule has 0 spiro atoms. The van der Waals surface area contributed by atoms with Gasteiger partial charge in [0.15, 0.2) is 0 Å². The van der Waals surface area contributed by atoms with Crippen LogP contribution in [0.15, 0.2) is 12.1 Å². The van der Waals surface area contributed by atoms with Gasteiger partial charge in [0.05, 0.1) is 34.6 Å². The van der Waals surface area contributed by atoms with Gasteiger partial charge in [-0.1, -0.05) is 25.4 Å². The number of nitrogens with zero attached hydrogens (tertiary/aromatic N) is 2. The van der Waals surface area contributed by atoms with Gasteiger partial charge in [-0.05, 0) is 18.9 Å². The predicted molar refractivity (Wildman–Crippen MR) is 84.6 cm³/mol. The summed E-state index contributed by atoms with van der Waals surface area (Å²) in [5, 5.41) is 0.0687. The molecule has 2 rings (SSSR count). The quantitative estimate of drug-likeness (QED) is 0.710. The lowest BCUT2D eigenvalue weighted by Gasteiger charge is -2.24. The minimum absolute atomic E-state index is 0.0456. The number of fused-ring (bicyclic) bond motifs is 1. The normalized spacial score (nSPS) is 13.3. The second-order valence-electron chi connectivity index (χ2n) is 5.26. The molecule has 1 heterocycles. The predicted octanol–water partition coefficient (Wildman–Crippen LogP) is 4.80. The van der Waals surface area contributed by atoms with Crippen molar-refractivity contribution in [2.75, 3.05) is 13.2 Å². The van der Waals surface area contributed by atoms with Crippen LogP contribution in [-0.4, -0.2) is 22.8 Å². The Morgan fingerprint density at radius 1 is 1.38 bits per heavy atom. The zero-order valence-electron chi connectivity index (χ0n) is 12.4. The molecule has 6 heteroatoms. The first-order valence-electron chi connectivity index (χ1n) is 6.99. The lowest BCUT2D eigenvalue weighted by Crippen LogP contribution is -2.22. The maximum atomic E-state index is 13.8. The molecule has 0 aliphatic rings. The van der Waals surface area contributed by atoms with E-state index < -0.39 is 5.82 Å². The molecule has 2 aromatic rings. The van der Waals surface area contributed by atoms with Crippen molar-refractivity contribution in [2.24, 2.45) is 5.92 Å². The molecule has 116 valence electrons. The van der Waals surface area contributed by atoms with Gasteiger partial charge >= 0.3 is 0 Å². The van der Waals surface area contributed by atoms with Crippen molar-refractivity contribution in [3.8, 4) is 0 Å². The van der Waals surface area contributed by atoms with Gasteiger partial charge in [0.1, 0.15) is 11.6 Å². The Hall–Kier alpha value is -0.840. The molecule has 0 fully saturated rings. The lowest BCUT2D eigenvalue weighted by atomic mass is 10.0. The minimum atomic E-state index is -0.453. The molecule has 0 amide bonds. The topological polar surface area (TPSA) is 27.1 Å². The van der Waals surface area contributed by atoms with Gasteiger partial charge in [0.2, 0.25) is 0 Å². The Balaban J connectivity index is 2.60. The van der Waals surface area contributed by atoms with E-state index >= 15 is 0 Å². The Labute approximate surface area is 134 Å². The van der Waals surface area contributed by atoms with Crippen molar-refractivity contribution in [3.63, 3.8) is 0 Å². The molecule has 0 N–H and O–H groups in total. The van der Waals surface area contributed by atoms with Crippen LogP contribution in [0.3, 0.4) is 0 Å². The molecule has 1 atom stereocenters. The van der Waals surface area contributed by atoms with E-state index in [1.165, 1.54) is 12.1 Å². The highest BCUT2D eigenvalue weighted by Crippen LogP contribution is 2.30. The number of hydrogen-bond donors (Lipinski definition) is 0. The second kappa shape index (κ2) is 6.95.